The maximum atomic E-state index is 12.4. The molecule has 156 valence electrons. The number of benzene rings is 2. The molecule has 0 fully saturated rings. The minimum Gasteiger partial charge on any atom is -0.485 e. The van der Waals surface area contributed by atoms with Gasteiger partial charge in [0.25, 0.3) is 5.69 Å². The number of hydrogen-bond donors (Lipinski definition) is 0. The van der Waals surface area contributed by atoms with Crippen molar-refractivity contribution in [3.63, 3.8) is 0 Å². The molecular formula is C24H21N3O4. The van der Waals surface area contributed by atoms with E-state index in [1.165, 1.54) is 17.8 Å². The van der Waals surface area contributed by atoms with Crippen LogP contribution in [0, 0.1) is 10.1 Å². The van der Waals surface area contributed by atoms with Gasteiger partial charge in [-0.05, 0) is 41.8 Å². The van der Waals surface area contributed by atoms with Gasteiger partial charge in [-0.2, -0.15) is 0 Å². The van der Waals surface area contributed by atoms with Crippen molar-refractivity contribution in [3.8, 4) is 17.0 Å². The Morgan fingerprint density at radius 3 is 2.39 bits per heavy atom. The molecule has 0 amide bonds. The van der Waals surface area contributed by atoms with Crippen molar-refractivity contribution in [2.45, 2.75) is 19.8 Å². The number of nitro groups is 1. The van der Waals surface area contributed by atoms with Crippen molar-refractivity contribution >= 4 is 17.1 Å². The standard InChI is InChI=1S/C24H21N3O4/c1-16(2)17-3-5-19(6-4-17)23(28)15-31-21-10-7-18(8-11-21)22-14-26-13-20(27(29)30)9-12-24(26)25-22/h3-14,16H,15H2,1-2H3. The lowest BCUT2D eigenvalue weighted by Crippen LogP contribution is -2.11. The zero-order valence-corrected chi connectivity index (χ0v) is 17.2. The first-order valence-electron chi connectivity index (χ1n) is 9.90. The fraction of sp³-hybridized carbons (Fsp3) is 0.167. The van der Waals surface area contributed by atoms with E-state index in [4.69, 9.17) is 4.74 Å². The fourth-order valence-electron chi connectivity index (χ4n) is 3.24. The lowest BCUT2D eigenvalue weighted by atomic mass is 10.0. The van der Waals surface area contributed by atoms with Crippen molar-refractivity contribution in [2.75, 3.05) is 6.61 Å². The first-order valence-corrected chi connectivity index (χ1v) is 9.90. The predicted octanol–water partition coefficient (Wildman–Crippen LogP) is 5.29. The number of carbonyl (C=O) groups excluding carboxylic acids is 1. The number of imidazole rings is 1. The summed E-state index contributed by atoms with van der Waals surface area (Å²) in [4.78, 5) is 27.4. The predicted molar refractivity (Wildman–Crippen MR) is 118 cm³/mol. The zero-order chi connectivity index (χ0) is 22.0. The van der Waals surface area contributed by atoms with Gasteiger partial charge in [0.05, 0.1) is 16.8 Å². The molecule has 0 N–H and O–H groups in total. The molecule has 7 nitrogen and oxygen atoms in total. The van der Waals surface area contributed by atoms with Crippen LogP contribution < -0.4 is 4.74 Å². The Hall–Kier alpha value is -4.00. The number of rotatable bonds is 7. The molecule has 2 aromatic carbocycles. The average molecular weight is 415 g/mol. The largest absolute Gasteiger partial charge is 0.485 e. The highest BCUT2D eigenvalue weighted by Gasteiger charge is 2.11. The van der Waals surface area contributed by atoms with Gasteiger partial charge in [-0.15, -0.1) is 0 Å². The van der Waals surface area contributed by atoms with Crippen LogP contribution in [0.2, 0.25) is 0 Å². The number of pyridine rings is 1. The van der Waals surface area contributed by atoms with Gasteiger partial charge in [0.1, 0.15) is 11.4 Å². The van der Waals surface area contributed by atoms with E-state index in [1.54, 1.807) is 28.8 Å². The van der Waals surface area contributed by atoms with Crippen LogP contribution >= 0.6 is 0 Å². The quantitative estimate of drug-likeness (QED) is 0.232. The first kappa shape index (κ1) is 20.3. The summed E-state index contributed by atoms with van der Waals surface area (Å²) in [6.45, 7) is 4.18. The Morgan fingerprint density at radius 1 is 1.03 bits per heavy atom. The summed E-state index contributed by atoms with van der Waals surface area (Å²) in [5.41, 5.74) is 3.97. The number of ether oxygens (including phenoxy) is 1. The monoisotopic (exact) mass is 415 g/mol. The van der Waals surface area contributed by atoms with Gasteiger partial charge in [0.2, 0.25) is 0 Å². The van der Waals surface area contributed by atoms with Crippen LogP contribution in [0.1, 0.15) is 35.7 Å². The first-order chi connectivity index (χ1) is 14.9. The molecule has 0 spiro atoms. The molecule has 0 aliphatic rings. The number of carbonyl (C=O) groups is 1. The minimum atomic E-state index is -0.439. The third-order valence-corrected chi connectivity index (χ3v) is 5.07. The van der Waals surface area contributed by atoms with E-state index in [2.05, 4.69) is 18.8 Å². The van der Waals surface area contributed by atoms with Crippen molar-refractivity contribution < 1.29 is 14.5 Å². The highest BCUT2D eigenvalue weighted by atomic mass is 16.6. The number of hydrogen-bond acceptors (Lipinski definition) is 5. The third-order valence-electron chi connectivity index (χ3n) is 5.07. The zero-order valence-electron chi connectivity index (χ0n) is 17.2. The second kappa shape index (κ2) is 8.39. The van der Waals surface area contributed by atoms with Crippen LogP contribution in [0.4, 0.5) is 5.69 Å². The van der Waals surface area contributed by atoms with E-state index in [-0.39, 0.29) is 18.1 Å². The van der Waals surface area contributed by atoms with Crippen LogP contribution in [0.15, 0.2) is 73.1 Å². The second-order valence-electron chi connectivity index (χ2n) is 7.55. The average Bonchev–Trinajstić information content (AvgIpc) is 3.21. The summed E-state index contributed by atoms with van der Waals surface area (Å²) in [5, 5.41) is 10.9. The number of nitrogens with zero attached hydrogens (tertiary/aromatic N) is 3. The van der Waals surface area contributed by atoms with E-state index in [0.717, 1.165) is 5.56 Å². The third kappa shape index (κ3) is 4.45. The van der Waals surface area contributed by atoms with Gasteiger partial charge in [-0.1, -0.05) is 38.1 Å². The number of aromatic nitrogens is 2. The van der Waals surface area contributed by atoms with Crippen LogP contribution in [0.5, 0.6) is 5.75 Å². The van der Waals surface area contributed by atoms with Crippen LogP contribution in [-0.2, 0) is 0 Å². The Balaban J connectivity index is 1.43. The van der Waals surface area contributed by atoms with Gasteiger partial charge in [-0.3, -0.25) is 19.3 Å². The molecule has 0 atom stereocenters. The van der Waals surface area contributed by atoms with E-state index in [1.807, 2.05) is 36.4 Å². The maximum absolute atomic E-state index is 12.4. The van der Waals surface area contributed by atoms with E-state index in [0.29, 0.717) is 28.6 Å². The molecule has 4 aromatic rings. The van der Waals surface area contributed by atoms with Crippen molar-refractivity contribution in [1.82, 2.24) is 9.38 Å². The molecule has 2 aromatic heterocycles. The van der Waals surface area contributed by atoms with Gasteiger partial charge in [0.15, 0.2) is 12.4 Å². The molecule has 2 heterocycles. The van der Waals surface area contributed by atoms with Gasteiger partial charge in [-0.25, -0.2) is 4.98 Å². The Bertz CT molecular complexity index is 1240. The molecule has 0 aliphatic carbocycles. The van der Waals surface area contributed by atoms with Crippen LogP contribution in [-0.4, -0.2) is 26.7 Å². The molecular weight excluding hydrogens is 394 g/mol. The molecule has 0 aliphatic heterocycles. The van der Waals surface area contributed by atoms with Gasteiger partial charge in [0, 0.05) is 23.4 Å². The highest BCUT2D eigenvalue weighted by molar-refractivity contribution is 5.97. The summed E-state index contributed by atoms with van der Waals surface area (Å²) < 4.78 is 7.27. The lowest BCUT2D eigenvalue weighted by molar-refractivity contribution is -0.385. The number of Topliss-reactive ketones (excluding diaryl/α,β-unsaturated/α-hetero) is 1. The van der Waals surface area contributed by atoms with Gasteiger partial charge >= 0.3 is 0 Å². The minimum absolute atomic E-state index is 0.00344. The van der Waals surface area contributed by atoms with E-state index < -0.39 is 4.92 Å². The Kier molecular flexibility index (Phi) is 5.49. The Labute approximate surface area is 179 Å². The van der Waals surface area contributed by atoms with E-state index in [9.17, 15) is 14.9 Å². The maximum Gasteiger partial charge on any atom is 0.286 e. The van der Waals surface area contributed by atoms with Crippen molar-refractivity contribution in [1.29, 1.82) is 0 Å². The lowest BCUT2D eigenvalue weighted by Gasteiger charge is -2.08. The summed E-state index contributed by atoms with van der Waals surface area (Å²) in [6.07, 6.45) is 3.17. The summed E-state index contributed by atoms with van der Waals surface area (Å²) >= 11 is 0. The number of ketones is 1. The normalized spacial score (nSPS) is 11.1. The molecule has 7 heteroatoms. The van der Waals surface area contributed by atoms with Crippen molar-refractivity contribution in [2.24, 2.45) is 0 Å². The SMILES string of the molecule is CC(C)c1ccc(C(=O)COc2ccc(-c3cn4cc([N+](=O)[O-])ccc4n3)cc2)cc1. The molecule has 4 rings (SSSR count). The Morgan fingerprint density at radius 2 is 1.74 bits per heavy atom. The number of fused-ring (bicyclic) bond motifs is 1. The van der Waals surface area contributed by atoms with Crippen LogP contribution in [0.3, 0.4) is 0 Å². The smallest absolute Gasteiger partial charge is 0.286 e. The summed E-state index contributed by atoms with van der Waals surface area (Å²) in [6, 6.07) is 17.9. The molecule has 0 saturated carbocycles. The second-order valence-corrected chi connectivity index (χ2v) is 7.55. The molecule has 0 bridgehead atoms. The van der Waals surface area contributed by atoms with Crippen LogP contribution in [0.25, 0.3) is 16.9 Å². The molecule has 0 saturated heterocycles. The molecule has 0 radical (unpaired) electrons. The molecule has 0 unspecified atom stereocenters. The van der Waals surface area contributed by atoms with Gasteiger partial charge < -0.3 is 4.74 Å². The summed E-state index contributed by atoms with van der Waals surface area (Å²) in [7, 11) is 0. The van der Waals surface area contributed by atoms with Crippen molar-refractivity contribution in [3.05, 3.63) is 94.3 Å². The topological polar surface area (TPSA) is 86.7 Å². The van der Waals surface area contributed by atoms with E-state index >= 15 is 0 Å². The molecule has 31 heavy (non-hydrogen) atoms. The highest BCUT2D eigenvalue weighted by Crippen LogP contribution is 2.24. The summed E-state index contributed by atoms with van der Waals surface area (Å²) in [5.74, 6) is 0.915. The fourth-order valence-corrected chi connectivity index (χ4v) is 3.24.